The second-order valence-corrected chi connectivity index (χ2v) is 11.3. The second-order valence-electron chi connectivity index (χ2n) is 7.23. The highest BCUT2D eigenvalue weighted by atomic mass is 35.5. The summed E-state index contributed by atoms with van der Waals surface area (Å²) in [6.07, 6.45) is 2.94. The van der Waals surface area contributed by atoms with Crippen molar-refractivity contribution in [1.82, 2.24) is 10.3 Å². The van der Waals surface area contributed by atoms with Crippen molar-refractivity contribution in [3.05, 3.63) is 26.7 Å². The van der Waals surface area contributed by atoms with Gasteiger partial charge in [0.15, 0.2) is 0 Å². The minimum atomic E-state index is -2.02. The van der Waals surface area contributed by atoms with Gasteiger partial charge in [0, 0.05) is 22.9 Å². The number of aromatic nitrogens is 1. The standard InChI is InChI=1S/C18H21ClN2O2S2/c1-9-13-14(11-4-5-11)16(24-18(13)20-10(2)15(9)19)17(22)21-12-6-7-25(3,23)8-12/h11-12H,3-8H2,1-2H3,(H,21,22). The lowest BCUT2D eigenvalue weighted by atomic mass is 10.0. The van der Waals surface area contributed by atoms with Crippen LogP contribution < -0.4 is 5.32 Å². The van der Waals surface area contributed by atoms with E-state index < -0.39 is 9.52 Å². The van der Waals surface area contributed by atoms with E-state index >= 15 is 0 Å². The van der Waals surface area contributed by atoms with E-state index in [0.29, 0.717) is 22.4 Å². The molecule has 7 heteroatoms. The fraction of sp³-hybridized carbons (Fsp3) is 0.500. The minimum absolute atomic E-state index is 0.0471. The van der Waals surface area contributed by atoms with Gasteiger partial charge in [-0.05, 0) is 65.5 Å². The van der Waals surface area contributed by atoms with Gasteiger partial charge in [0.05, 0.1) is 15.6 Å². The van der Waals surface area contributed by atoms with Crippen LogP contribution in [0.5, 0.6) is 0 Å². The molecule has 1 aliphatic carbocycles. The summed E-state index contributed by atoms with van der Waals surface area (Å²) >= 11 is 7.87. The second kappa shape index (κ2) is 5.96. The van der Waals surface area contributed by atoms with Crippen molar-refractivity contribution in [1.29, 1.82) is 0 Å². The molecule has 2 aromatic heterocycles. The van der Waals surface area contributed by atoms with Crippen LogP contribution in [-0.2, 0) is 9.52 Å². The van der Waals surface area contributed by atoms with Gasteiger partial charge in [-0.1, -0.05) is 11.6 Å². The van der Waals surface area contributed by atoms with Gasteiger partial charge in [0.25, 0.3) is 5.91 Å². The van der Waals surface area contributed by atoms with Gasteiger partial charge in [-0.2, -0.15) is 0 Å². The van der Waals surface area contributed by atoms with Gasteiger partial charge < -0.3 is 5.32 Å². The predicted octanol–water partition coefficient (Wildman–Crippen LogP) is 3.66. The molecular weight excluding hydrogens is 376 g/mol. The largest absolute Gasteiger partial charge is 0.348 e. The molecule has 1 N–H and O–H groups in total. The molecule has 1 saturated heterocycles. The van der Waals surface area contributed by atoms with Crippen molar-refractivity contribution in [2.75, 3.05) is 11.5 Å². The van der Waals surface area contributed by atoms with E-state index in [2.05, 4.69) is 16.2 Å². The highest BCUT2D eigenvalue weighted by Crippen LogP contribution is 2.49. The van der Waals surface area contributed by atoms with Crippen LogP contribution in [0.25, 0.3) is 10.2 Å². The van der Waals surface area contributed by atoms with Crippen LogP contribution >= 0.6 is 22.9 Å². The fourth-order valence-corrected chi connectivity index (χ4v) is 6.91. The third-order valence-electron chi connectivity index (χ3n) is 5.09. The molecule has 2 aromatic rings. The van der Waals surface area contributed by atoms with Gasteiger partial charge in [0.2, 0.25) is 0 Å². The zero-order valence-corrected chi connectivity index (χ0v) is 16.7. The molecule has 1 amide bonds. The van der Waals surface area contributed by atoms with E-state index in [4.69, 9.17) is 11.6 Å². The SMILES string of the molecule is C=S1(=O)CCC(NC(=O)c2sc3nc(C)c(Cl)c(C)c3c2C2CC2)C1. The van der Waals surface area contributed by atoms with Crippen LogP contribution in [0.3, 0.4) is 0 Å². The zero-order valence-electron chi connectivity index (χ0n) is 14.4. The van der Waals surface area contributed by atoms with Crippen LogP contribution in [0.15, 0.2) is 0 Å². The number of hydrogen-bond acceptors (Lipinski definition) is 4. The molecule has 1 saturated carbocycles. The van der Waals surface area contributed by atoms with Gasteiger partial charge in [-0.3, -0.25) is 9.00 Å². The van der Waals surface area contributed by atoms with Crippen LogP contribution in [0.1, 0.15) is 51.7 Å². The van der Waals surface area contributed by atoms with E-state index in [1.165, 1.54) is 11.3 Å². The summed E-state index contributed by atoms with van der Waals surface area (Å²) in [4.78, 5) is 19.2. The number of amides is 1. The van der Waals surface area contributed by atoms with Crippen LogP contribution in [0.2, 0.25) is 5.02 Å². The first-order chi connectivity index (χ1) is 11.8. The molecule has 0 spiro atoms. The van der Waals surface area contributed by atoms with Crippen molar-refractivity contribution >= 4 is 54.5 Å². The predicted molar refractivity (Wildman–Crippen MR) is 107 cm³/mol. The summed E-state index contributed by atoms with van der Waals surface area (Å²) < 4.78 is 12.1. The highest BCUT2D eigenvalue weighted by Gasteiger charge is 2.35. The Balaban J connectivity index is 1.75. The summed E-state index contributed by atoms with van der Waals surface area (Å²) in [6, 6.07) is -0.0471. The fourth-order valence-electron chi connectivity index (χ4n) is 3.64. The van der Waals surface area contributed by atoms with Gasteiger partial charge in [-0.15, -0.1) is 11.3 Å². The van der Waals surface area contributed by atoms with Gasteiger partial charge in [0.1, 0.15) is 4.83 Å². The number of hydrogen-bond donors (Lipinski definition) is 1. The number of fused-ring (bicyclic) bond motifs is 1. The topological polar surface area (TPSA) is 59.1 Å². The quantitative estimate of drug-likeness (QED) is 0.805. The Hall–Kier alpha value is -1.11. The third-order valence-corrected chi connectivity index (χ3v) is 8.73. The first-order valence-corrected chi connectivity index (χ1v) is 11.8. The highest BCUT2D eigenvalue weighted by molar-refractivity contribution is 8.00. The Kier molecular flexibility index (Phi) is 4.13. The summed E-state index contributed by atoms with van der Waals surface area (Å²) in [7, 11) is -2.02. The molecule has 25 heavy (non-hydrogen) atoms. The first kappa shape index (κ1) is 17.3. The molecule has 4 rings (SSSR count). The lowest BCUT2D eigenvalue weighted by molar-refractivity contribution is 0.0944. The van der Waals surface area contributed by atoms with Crippen LogP contribution in [-0.4, -0.2) is 38.5 Å². The van der Waals surface area contributed by atoms with E-state index in [0.717, 1.165) is 51.2 Å². The number of nitrogens with one attached hydrogen (secondary N) is 1. The average molecular weight is 397 g/mol. The number of pyridine rings is 1. The van der Waals surface area contributed by atoms with Crippen LogP contribution in [0.4, 0.5) is 0 Å². The number of halogens is 1. The van der Waals surface area contributed by atoms with E-state index in [-0.39, 0.29) is 11.9 Å². The number of carbonyl (C=O) groups is 1. The maximum atomic E-state index is 12.9. The number of aryl methyl sites for hydroxylation is 2. The summed E-state index contributed by atoms with van der Waals surface area (Å²) in [6.45, 7) is 3.91. The van der Waals surface area contributed by atoms with Crippen molar-refractivity contribution in [3.63, 3.8) is 0 Å². The maximum Gasteiger partial charge on any atom is 0.261 e. The summed E-state index contributed by atoms with van der Waals surface area (Å²) in [5.41, 5.74) is 2.93. The molecule has 1 aliphatic heterocycles. The molecule has 0 bridgehead atoms. The molecule has 2 fully saturated rings. The first-order valence-electron chi connectivity index (χ1n) is 8.49. The molecule has 2 atom stereocenters. The van der Waals surface area contributed by atoms with Crippen molar-refractivity contribution < 1.29 is 9.00 Å². The summed E-state index contributed by atoms with van der Waals surface area (Å²) in [5.74, 6) is 5.20. The summed E-state index contributed by atoms with van der Waals surface area (Å²) in [5, 5.41) is 4.82. The minimum Gasteiger partial charge on any atom is -0.348 e. The molecule has 0 aromatic carbocycles. The average Bonchev–Trinajstić information content (AvgIpc) is 3.22. The smallest absolute Gasteiger partial charge is 0.261 e. The lowest BCUT2D eigenvalue weighted by Gasteiger charge is -2.12. The molecule has 4 nitrogen and oxygen atoms in total. The van der Waals surface area contributed by atoms with Crippen molar-refractivity contribution in [2.45, 2.75) is 45.1 Å². The number of rotatable bonds is 3. The molecular formula is C18H21ClN2O2S2. The molecule has 2 aliphatic rings. The Morgan fingerprint density at radius 2 is 2.08 bits per heavy atom. The zero-order chi connectivity index (χ0) is 17.9. The lowest BCUT2D eigenvalue weighted by Crippen LogP contribution is -2.35. The Morgan fingerprint density at radius 1 is 1.36 bits per heavy atom. The van der Waals surface area contributed by atoms with E-state index in [1.807, 2.05) is 13.8 Å². The monoisotopic (exact) mass is 396 g/mol. The van der Waals surface area contributed by atoms with E-state index in [9.17, 15) is 9.00 Å². The third kappa shape index (κ3) is 3.09. The van der Waals surface area contributed by atoms with Crippen molar-refractivity contribution in [3.8, 4) is 0 Å². The Morgan fingerprint density at radius 3 is 2.68 bits per heavy atom. The normalized spacial score (nSPS) is 26.3. The molecule has 134 valence electrons. The van der Waals surface area contributed by atoms with Gasteiger partial charge >= 0.3 is 0 Å². The molecule has 3 heterocycles. The Labute approximate surface area is 157 Å². The van der Waals surface area contributed by atoms with Gasteiger partial charge in [-0.25, -0.2) is 4.98 Å². The number of thiophene rings is 1. The van der Waals surface area contributed by atoms with Crippen LogP contribution in [0, 0.1) is 13.8 Å². The molecule has 2 unspecified atom stereocenters. The van der Waals surface area contributed by atoms with E-state index in [1.54, 1.807) is 0 Å². The van der Waals surface area contributed by atoms with Crippen molar-refractivity contribution in [2.24, 2.45) is 0 Å². The number of carbonyl (C=O) groups excluding carboxylic acids is 1. The molecule has 0 radical (unpaired) electrons. The maximum absolute atomic E-state index is 12.9. The Bertz CT molecular complexity index is 990. The number of nitrogens with zero attached hydrogens (tertiary/aromatic N) is 1.